The van der Waals surface area contributed by atoms with E-state index in [-0.39, 0.29) is 18.0 Å². The van der Waals surface area contributed by atoms with Crippen molar-refractivity contribution >= 4 is 5.97 Å². The first kappa shape index (κ1) is 11.2. The standard InChI is InChI=1S/C12H17NO3/c1-8(7-9-3-2-6-16-9)13-11-5-4-10(11)12(14)15/h2-3,6,8,10-11,13H,4-5,7H2,1H3,(H,14,15). The lowest BCUT2D eigenvalue weighted by Gasteiger charge is -2.36. The highest BCUT2D eigenvalue weighted by Crippen LogP contribution is 2.28. The Labute approximate surface area is 94.6 Å². The van der Waals surface area contributed by atoms with Crippen LogP contribution in [0.2, 0.25) is 0 Å². The molecule has 4 heteroatoms. The summed E-state index contributed by atoms with van der Waals surface area (Å²) in [7, 11) is 0. The molecule has 0 saturated heterocycles. The number of aliphatic carboxylic acids is 1. The van der Waals surface area contributed by atoms with Gasteiger partial charge in [0.05, 0.1) is 12.2 Å². The van der Waals surface area contributed by atoms with Crippen molar-refractivity contribution in [3.63, 3.8) is 0 Å². The van der Waals surface area contributed by atoms with Crippen LogP contribution in [0, 0.1) is 5.92 Å². The number of carboxylic acid groups (broad SMARTS) is 1. The van der Waals surface area contributed by atoms with Crippen molar-refractivity contribution in [2.75, 3.05) is 0 Å². The predicted octanol–water partition coefficient (Wildman–Crippen LogP) is 1.66. The SMILES string of the molecule is CC(Cc1ccco1)NC1CCC1C(=O)O. The van der Waals surface area contributed by atoms with Gasteiger partial charge in [0.25, 0.3) is 0 Å². The number of hydrogen-bond donors (Lipinski definition) is 2. The predicted molar refractivity (Wildman–Crippen MR) is 59.2 cm³/mol. The van der Waals surface area contributed by atoms with E-state index < -0.39 is 5.97 Å². The quantitative estimate of drug-likeness (QED) is 0.797. The molecule has 4 nitrogen and oxygen atoms in total. The largest absolute Gasteiger partial charge is 0.481 e. The van der Waals surface area contributed by atoms with Crippen molar-refractivity contribution in [1.82, 2.24) is 5.32 Å². The molecule has 0 amide bonds. The van der Waals surface area contributed by atoms with E-state index in [2.05, 4.69) is 12.2 Å². The Morgan fingerprint density at radius 3 is 3.00 bits per heavy atom. The lowest BCUT2D eigenvalue weighted by Crippen LogP contribution is -2.51. The van der Waals surface area contributed by atoms with Crippen molar-refractivity contribution in [3.8, 4) is 0 Å². The highest BCUT2D eigenvalue weighted by molar-refractivity contribution is 5.72. The Kier molecular flexibility index (Phi) is 3.29. The average molecular weight is 223 g/mol. The normalized spacial score (nSPS) is 26.1. The topological polar surface area (TPSA) is 62.5 Å². The fourth-order valence-electron chi connectivity index (χ4n) is 2.15. The van der Waals surface area contributed by atoms with Crippen LogP contribution in [0.15, 0.2) is 22.8 Å². The number of carbonyl (C=O) groups is 1. The van der Waals surface area contributed by atoms with Crippen LogP contribution in [-0.4, -0.2) is 23.2 Å². The average Bonchev–Trinajstić information content (AvgIpc) is 2.64. The molecule has 0 spiro atoms. The second-order valence-corrected chi connectivity index (χ2v) is 4.48. The summed E-state index contributed by atoms with van der Waals surface area (Å²) in [5.74, 6) is 0.0409. The smallest absolute Gasteiger partial charge is 0.308 e. The van der Waals surface area contributed by atoms with E-state index in [1.165, 1.54) is 0 Å². The number of rotatable bonds is 5. The third-order valence-electron chi connectivity index (χ3n) is 3.18. The Morgan fingerprint density at radius 1 is 1.69 bits per heavy atom. The minimum atomic E-state index is -0.686. The third kappa shape index (κ3) is 2.44. The van der Waals surface area contributed by atoms with Gasteiger partial charge < -0.3 is 14.8 Å². The van der Waals surface area contributed by atoms with Crippen LogP contribution in [0.25, 0.3) is 0 Å². The van der Waals surface area contributed by atoms with Crippen LogP contribution in [0.5, 0.6) is 0 Å². The molecule has 1 aliphatic carbocycles. The zero-order valence-electron chi connectivity index (χ0n) is 9.35. The van der Waals surface area contributed by atoms with Gasteiger partial charge in [-0.3, -0.25) is 4.79 Å². The number of nitrogens with one attached hydrogen (secondary N) is 1. The molecule has 2 rings (SSSR count). The van der Waals surface area contributed by atoms with Crippen LogP contribution >= 0.6 is 0 Å². The molecule has 1 saturated carbocycles. The molecule has 16 heavy (non-hydrogen) atoms. The highest BCUT2D eigenvalue weighted by Gasteiger charge is 2.36. The van der Waals surface area contributed by atoms with Crippen molar-refractivity contribution in [3.05, 3.63) is 24.2 Å². The van der Waals surface area contributed by atoms with Gasteiger partial charge in [0.15, 0.2) is 0 Å². The van der Waals surface area contributed by atoms with Gasteiger partial charge >= 0.3 is 5.97 Å². The van der Waals surface area contributed by atoms with Crippen LogP contribution in [0.1, 0.15) is 25.5 Å². The van der Waals surface area contributed by atoms with Crippen LogP contribution < -0.4 is 5.32 Å². The van der Waals surface area contributed by atoms with Crippen molar-refractivity contribution in [2.24, 2.45) is 5.92 Å². The van der Waals surface area contributed by atoms with E-state index in [1.807, 2.05) is 12.1 Å². The zero-order valence-corrected chi connectivity index (χ0v) is 9.35. The molecule has 0 radical (unpaired) electrons. The Bertz CT molecular complexity index is 347. The fourth-order valence-corrected chi connectivity index (χ4v) is 2.15. The summed E-state index contributed by atoms with van der Waals surface area (Å²) in [5, 5.41) is 12.3. The molecule has 2 N–H and O–H groups in total. The molecule has 3 atom stereocenters. The maximum Gasteiger partial charge on any atom is 0.308 e. The van der Waals surface area contributed by atoms with Crippen LogP contribution in [0.4, 0.5) is 0 Å². The first-order valence-corrected chi connectivity index (χ1v) is 5.68. The van der Waals surface area contributed by atoms with E-state index >= 15 is 0 Å². The maximum absolute atomic E-state index is 10.8. The summed E-state index contributed by atoms with van der Waals surface area (Å²) >= 11 is 0. The van der Waals surface area contributed by atoms with E-state index in [0.29, 0.717) is 0 Å². The number of carboxylic acids is 1. The van der Waals surface area contributed by atoms with E-state index in [9.17, 15) is 4.79 Å². The molecular weight excluding hydrogens is 206 g/mol. The summed E-state index contributed by atoms with van der Waals surface area (Å²) in [5.41, 5.74) is 0. The van der Waals surface area contributed by atoms with E-state index in [4.69, 9.17) is 9.52 Å². The van der Waals surface area contributed by atoms with Gasteiger partial charge in [0, 0.05) is 18.5 Å². The molecule has 0 aliphatic heterocycles. The zero-order chi connectivity index (χ0) is 11.5. The van der Waals surface area contributed by atoms with Crippen LogP contribution in [0.3, 0.4) is 0 Å². The summed E-state index contributed by atoms with van der Waals surface area (Å²) in [4.78, 5) is 10.8. The minimum absolute atomic E-state index is 0.127. The van der Waals surface area contributed by atoms with Crippen LogP contribution in [-0.2, 0) is 11.2 Å². The molecule has 1 aliphatic rings. The highest BCUT2D eigenvalue weighted by atomic mass is 16.4. The Morgan fingerprint density at radius 2 is 2.50 bits per heavy atom. The monoisotopic (exact) mass is 223 g/mol. The molecule has 1 aromatic rings. The van der Waals surface area contributed by atoms with Gasteiger partial charge in [-0.2, -0.15) is 0 Å². The van der Waals surface area contributed by atoms with E-state index in [1.54, 1.807) is 6.26 Å². The molecule has 88 valence electrons. The number of hydrogen-bond acceptors (Lipinski definition) is 3. The molecule has 1 heterocycles. The lowest BCUT2D eigenvalue weighted by molar-refractivity contribution is -0.146. The molecule has 0 bridgehead atoms. The third-order valence-corrected chi connectivity index (χ3v) is 3.18. The van der Waals surface area contributed by atoms with Crippen molar-refractivity contribution in [1.29, 1.82) is 0 Å². The Hall–Kier alpha value is -1.29. The van der Waals surface area contributed by atoms with Gasteiger partial charge in [-0.05, 0) is 31.9 Å². The van der Waals surface area contributed by atoms with Gasteiger partial charge in [-0.25, -0.2) is 0 Å². The van der Waals surface area contributed by atoms with E-state index in [0.717, 1.165) is 25.0 Å². The van der Waals surface area contributed by atoms with Crippen molar-refractivity contribution in [2.45, 2.75) is 38.3 Å². The molecule has 1 fully saturated rings. The maximum atomic E-state index is 10.8. The Balaban J connectivity index is 1.79. The van der Waals surface area contributed by atoms with Gasteiger partial charge in [0.2, 0.25) is 0 Å². The number of furan rings is 1. The molecule has 1 aromatic heterocycles. The molecule has 3 unspecified atom stereocenters. The minimum Gasteiger partial charge on any atom is -0.481 e. The second kappa shape index (κ2) is 4.70. The summed E-state index contributed by atoms with van der Waals surface area (Å²) < 4.78 is 5.26. The first-order valence-electron chi connectivity index (χ1n) is 5.68. The first-order chi connectivity index (χ1) is 7.66. The summed E-state index contributed by atoms with van der Waals surface area (Å²) in [6.07, 6.45) is 4.21. The van der Waals surface area contributed by atoms with Gasteiger partial charge in [-0.1, -0.05) is 0 Å². The summed E-state index contributed by atoms with van der Waals surface area (Å²) in [6.45, 7) is 2.06. The summed E-state index contributed by atoms with van der Waals surface area (Å²) in [6, 6.07) is 4.18. The van der Waals surface area contributed by atoms with Gasteiger partial charge in [-0.15, -0.1) is 0 Å². The lowest BCUT2D eigenvalue weighted by atomic mass is 9.79. The molecule has 0 aromatic carbocycles. The second-order valence-electron chi connectivity index (χ2n) is 4.48. The fraction of sp³-hybridized carbons (Fsp3) is 0.583. The van der Waals surface area contributed by atoms with Gasteiger partial charge in [0.1, 0.15) is 5.76 Å². The molecular formula is C12H17NO3. The van der Waals surface area contributed by atoms with Crippen molar-refractivity contribution < 1.29 is 14.3 Å².